The maximum absolute atomic E-state index is 11.9. The van der Waals surface area contributed by atoms with Crippen LogP contribution in [0.3, 0.4) is 0 Å². The number of nitrogens with zero attached hydrogens (tertiary/aromatic N) is 2. The maximum atomic E-state index is 11.9. The Bertz CT molecular complexity index is 377. The van der Waals surface area contributed by atoms with Gasteiger partial charge in [-0.15, -0.1) is 0 Å². The van der Waals surface area contributed by atoms with Crippen LogP contribution in [0.2, 0.25) is 0 Å². The highest BCUT2D eigenvalue weighted by Gasteiger charge is 2.28. The third kappa shape index (κ3) is 2.45. The highest BCUT2D eigenvalue weighted by atomic mass is 79.9. The van der Waals surface area contributed by atoms with E-state index in [1.54, 1.807) is 17.1 Å². The minimum atomic E-state index is -0.0570. The van der Waals surface area contributed by atoms with Gasteiger partial charge in [-0.25, -0.2) is 4.98 Å². The monoisotopic (exact) mass is 285 g/mol. The van der Waals surface area contributed by atoms with E-state index in [1.165, 1.54) is 12.8 Å². The van der Waals surface area contributed by atoms with Gasteiger partial charge < -0.3 is 9.88 Å². The van der Waals surface area contributed by atoms with Gasteiger partial charge in [0, 0.05) is 24.6 Å². The van der Waals surface area contributed by atoms with Gasteiger partial charge in [-0.2, -0.15) is 0 Å². The number of hydrogen-bond acceptors (Lipinski definition) is 2. The first-order chi connectivity index (χ1) is 7.70. The summed E-state index contributed by atoms with van der Waals surface area (Å²) in [7, 11) is 1.86. The third-order valence-corrected chi connectivity index (χ3v) is 3.94. The van der Waals surface area contributed by atoms with E-state index in [-0.39, 0.29) is 5.91 Å². The molecular weight excluding hydrogens is 270 g/mol. The van der Waals surface area contributed by atoms with Crippen LogP contribution in [0.15, 0.2) is 12.5 Å². The third-order valence-electron chi connectivity index (χ3n) is 3.11. The number of hydrogen-bond donors (Lipinski definition) is 1. The Morgan fingerprint density at radius 3 is 3.12 bits per heavy atom. The fourth-order valence-corrected chi connectivity index (χ4v) is 2.96. The molecule has 1 aliphatic carbocycles. The Labute approximate surface area is 104 Å². The summed E-state index contributed by atoms with van der Waals surface area (Å²) in [5.74, 6) is 0.506. The van der Waals surface area contributed by atoms with Gasteiger partial charge in [0.15, 0.2) is 0 Å². The van der Waals surface area contributed by atoms with Gasteiger partial charge in [0.2, 0.25) is 0 Å². The minimum Gasteiger partial charge on any atom is -0.348 e. The topological polar surface area (TPSA) is 46.9 Å². The quantitative estimate of drug-likeness (QED) is 0.860. The Morgan fingerprint density at radius 2 is 2.50 bits per heavy atom. The van der Waals surface area contributed by atoms with Gasteiger partial charge in [0.05, 0.1) is 6.33 Å². The molecule has 1 aromatic rings. The van der Waals surface area contributed by atoms with Crippen molar-refractivity contribution in [1.29, 1.82) is 0 Å². The smallest absolute Gasteiger partial charge is 0.271 e. The molecule has 2 unspecified atom stereocenters. The molecule has 1 heterocycles. The zero-order valence-corrected chi connectivity index (χ0v) is 10.9. The second-order valence-electron chi connectivity index (χ2n) is 4.35. The molecule has 1 saturated carbocycles. The summed E-state index contributed by atoms with van der Waals surface area (Å²) in [5, 5.41) is 4.02. The lowest BCUT2D eigenvalue weighted by atomic mass is 10.1. The van der Waals surface area contributed by atoms with Crippen molar-refractivity contribution in [3.05, 3.63) is 18.2 Å². The molecule has 5 heteroatoms. The molecule has 2 atom stereocenters. The van der Waals surface area contributed by atoms with E-state index < -0.39 is 0 Å². The van der Waals surface area contributed by atoms with E-state index >= 15 is 0 Å². The molecule has 1 aromatic heterocycles. The predicted molar refractivity (Wildman–Crippen MR) is 65.6 cm³/mol. The Hall–Kier alpha value is -0.840. The summed E-state index contributed by atoms with van der Waals surface area (Å²) >= 11 is 3.50. The van der Waals surface area contributed by atoms with Crippen LogP contribution >= 0.6 is 15.9 Å². The molecule has 1 fully saturated rings. The molecule has 1 aliphatic rings. The zero-order valence-electron chi connectivity index (χ0n) is 9.32. The highest BCUT2D eigenvalue weighted by Crippen LogP contribution is 2.27. The number of imidazole rings is 1. The van der Waals surface area contributed by atoms with Gasteiger partial charge in [-0.3, -0.25) is 4.79 Å². The summed E-state index contributed by atoms with van der Waals surface area (Å²) in [4.78, 5) is 15.9. The number of rotatable bonds is 3. The van der Waals surface area contributed by atoms with E-state index in [9.17, 15) is 4.79 Å². The molecule has 2 rings (SSSR count). The van der Waals surface area contributed by atoms with Crippen LogP contribution in [0.5, 0.6) is 0 Å². The fourth-order valence-electron chi connectivity index (χ4n) is 2.18. The largest absolute Gasteiger partial charge is 0.348 e. The number of aryl methyl sites for hydroxylation is 1. The molecule has 1 amide bonds. The second-order valence-corrected chi connectivity index (χ2v) is 5.00. The van der Waals surface area contributed by atoms with Gasteiger partial charge in [0.25, 0.3) is 5.91 Å². The van der Waals surface area contributed by atoms with Crippen molar-refractivity contribution in [3.63, 3.8) is 0 Å². The minimum absolute atomic E-state index is 0.0570. The normalized spacial score (nSPS) is 24.6. The van der Waals surface area contributed by atoms with Crippen molar-refractivity contribution in [2.24, 2.45) is 13.0 Å². The van der Waals surface area contributed by atoms with E-state index in [4.69, 9.17) is 0 Å². The van der Waals surface area contributed by atoms with E-state index in [0.717, 1.165) is 11.8 Å². The standard InChI is InChI=1S/C11H16BrN3O/c1-15-6-10(13-7-15)11(16)14-9-4-2-3-8(9)5-12/h6-9H,2-5H2,1H3,(H,14,16). The van der Waals surface area contributed by atoms with Crippen LogP contribution in [0.25, 0.3) is 0 Å². The molecule has 0 radical (unpaired) electrons. The zero-order chi connectivity index (χ0) is 11.5. The Morgan fingerprint density at radius 1 is 1.69 bits per heavy atom. The van der Waals surface area contributed by atoms with Crippen LogP contribution < -0.4 is 5.32 Å². The molecule has 4 nitrogen and oxygen atoms in total. The second kappa shape index (κ2) is 4.99. The lowest BCUT2D eigenvalue weighted by Crippen LogP contribution is -2.38. The molecule has 1 N–H and O–H groups in total. The lowest BCUT2D eigenvalue weighted by molar-refractivity contribution is 0.0925. The van der Waals surface area contributed by atoms with Gasteiger partial charge in [-0.1, -0.05) is 22.4 Å². The molecule has 0 aliphatic heterocycles. The first kappa shape index (κ1) is 11.6. The molecule has 0 spiro atoms. The van der Waals surface area contributed by atoms with Crippen LogP contribution in [0.4, 0.5) is 0 Å². The van der Waals surface area contributed by atoms with Crippen molar-refractivity contribution in [3.8, 4) is 0 Å². The van der Waals surface area contributed by atoms with E-state index in [0.29, 0.717) is 17.7 Å². The summed E-state index contributed by atoms with van der Waals surface area (Å²) in [5.41, 5.74) is 0.503. The van der Waals surface area contributed by atoms with Gasteiger partial charge in [0.1, 0.15) is 5.69 Å². The first-order valence-electron chi connectivity index (χ1n) is 5.55. The summed E-state index contributed by atoms with van der Waals surface area (Å²) in [6.07, 6.45) is 6.86. The predicted octanol–water partition coefficient (Wildman–Crippen LogP) is 1.71. The van der Waals surface area contributed by atoms with E-state index in [1.807, 2.05) is 7.05 Å². The van der Waals surface area contributed by atoms with Crippen LogP contribution in [-0.4, -0.2) is 26.8 Å². The van der Waals surface area contributed by atoms with Crippen molar-refractivity contribution in [1.82, 2.24) is 14.9 Å². The lowest BCUT2D eigenvalue weighted by Gasteiger charge is -2.18. The number of halogens is 1. The Kier molecular flexibility index (Phi) is 3.63. The van der Waals surface area contributed by atoms with Crippen molar-refractivity contribution in [2.75, 3.05) is 5.33 Å². The van der Waals surface area contributed by atoms with Crippen molar-refractivity contribution in [2.45, 2.75) is 25.3 Å². The summed E-state index contributed by atoms with van der Waals surface area (Å²) in [6.45, 7) is 0. The molecule has 0 aromatic carbocycles. The fraction of sp³-hybridized carbons (Fsp3) is 0.636. The molecule has 88 valence electrons. The van der Waals surface area contributed by atoms with Crippen LogP contribution in [0.1, 0.15) is 29.8 Å². The van der Waals surface area contributed by atoms with Gasteiger partial charge in [-0.05, 0) is 18.8 Å². The van der Waals surface area contributed by atoms with Crippen LogP contribution in [0, 0.1) is 5.92 Å². The maximum Gasteiger partial charge on any atom is 0.271 e. The number of alkyl halides is 1. The average Bonchev–Trinajstić information content (AvgIpc) is 2.86. The summed E-state index contributed by atoms with van der Waals surface area (Å²) < 4.78 is 1.78. The molecule has 0 saturated heterocycles. The number of carbonyl (C=O) groups excluding carboxylic acids is 1. The van der Waals surface area contributed by atoms with Crippen molar-refractivity contribution >= 4 is 21.8 Å². The SMILES string of the molecule is Cn1cnc(C(=O)NC2CCCC2CBr)c1. The van der Waals surface area contributed by atoms with E-state index in [2.05, 4.69) is 26.2 Å². The van der Waals surface area contributed by atoms with Gasteiger partial charge >= 0.3 is 0 Å². The number of aromatic nitrogens is 2. The number of amides is 1. The summed E-state index contributed by atoms with van der Waals surface area (Å²) in [6, 6.07) is 0.300. The first-order valence-corrected chi connectivity index (χ1v) is 6.67. The van der Waals surface area contributed by atoms with Crippen LogP contribution in [-0.2, 0) is 7.05 Å². The molecule has 16 heavy (non-hydrogen) atoms. The number of nitrogens with one attached hydrogen (secondary N) is 1. The molecular formula is C11H16BrN3O. The Balaban J connectivity index is 1.97. The average molecular weight is 286 g/mol. The highest BCUT2D eigenvalue weighted by molar-refractivity contribution is 9.09. The number of carbonyl (C=O) groups is 1. The van der Waals surface area contributed by atoms with Crippen molar-refractivity contribution < 1.29 is 4.79 Å². The molecule has 0 bridgehead atoms.